The molecule has 232 valence electrons. The lowest BCUT2D eigenvalue weighted by Crippen LogP contribution is -2.15. The van der Waals surface area contributed by atoms with E-state index >= 15 is 0 Å². The van der Waals surface area contributed by atoms with Gasteiger partial charge in [-0.15, -0.1) is 15.3 Å². The number of azo groups is 2. The van der Waals surface area contributed by atoms with Crippen LogP contribution in [-0.2, 0) is 44.7 Å². The first kappa shape index (κ1) is 33.4. The van der Waals surface area contributed by atoms with E-state index in [1.165, 1.54) is 0 Å². The van der Waals surface area contributed by atoms with Gasteiger partial charge >= 0.3 is 10.4 Å². The molecule has 0 aliphatic rings. The molecule has 0 radical (unpaired) electrons. The number of anilines is 3. The molecule has 0 amide bonds. The predicted molar refractivity (Wildman–Crippen MR) is 150 cm³/mol. The number of nitrogen functional groups attached to an aromatic ring is 3. The Morgan fingerprint density at radius 3 is 1.79 bits per heavy atom. The molecule has 0 saturated carbocycles. The van der Waals surface area contributed by atoms with Crippen molar-refractivity contribution in [1.29, 1.82) is 0 Å². The number of hydrogen-bond acceptors (Lipinski definition) is 16. The van der Waals surface area contributed by atoms with E-state index in [1.807, 2.05) is 0 Å². The smallest absolute Gasteiger partial charge is 0.397 e. The van der Waals surface area contributed by atoms with Gasteiger partial charge in [0.05, 0.1) is 34.3 Å². The van der Waals surface area contributed by atoms with E-state index in [4.69, 9.17) is 21.8 Å². The van der Waals surface area contributed by atoms with Crippen molar-refractivity contribution in [3.63, 3.8) is 0 Å². The second-order valence-electron chi connectivity index (χ2n) is 8.21. The van der Waals surface area contributed by atoms with Crippen LogP contribution in [0.3, 0.4) is 0 Å². The highest BCUT2D eigenvalue weighted by molar-refractivity contribution is 7.91. The van der Waals surface area contributed by atoms with E-state index in [0.717, 1.165) is 42.5 Å². The zero-order valence-electron chi connectivity index (χ0n) is 21.2. The van der Waals surface area contributed by atoms with Crippen molar-refractivity contribution in [2.75, 3.05) is 29.6 Å². The molecule has 23 heteroatoms. The van der Waals surface area contributed by atoms with Gasteiger partial charge in [0, 0.05) is 5.69 Å². The SMILES string of the molecule is Nc1ccc(S(=O)(=O)O)c(N=Nc2cc(S(=O)(=O)O)c(N)c(N=Nc3ccc(S(=O)(=O)CCOS(=O)(=O)O)cc3)c2N)c1. The Labute approximate surface area is 244 Å². The summed E-state index contributed by atoms with van der Waals surface area (Å²) in [6, 6.07) is 8.34. The molecule has 0 fully saturated rings. The van der Waals surface area contributed by atoms with Crippen molar-refractivity contribution in [2.45, 2.75) is 14.7 Å². The lowest BCUT2D eigenvalue weighted by Gasteiger charge is -2.10. The van der Waals surface area contributed by atoms with Crippen molar-refractivity contribution in [1.82, 2.24) is 0 Å². The topological polar surface area (TPSA) is 334 Å². The zero-order chi connectivity index (χ0) is 32.4. The Hall–Kier alpha value is -4.10. The van der Waals surface area contributed by atoms with Crippen LogP contribution in [0, 0.1) is 0 Å². The Bertz CT molecular complexity index is 2060. The van der Waals surface area contributed by atoms with Crippen LogP contribution in [0.4, 0.5) is 39.8 Å². The average molecular weight is 680 g/mol. The van der Waals surface area contributed by atoms with Crippen LogP contribution in [0.25, 0.3) is 0 Å². The van der Waals surface area contributed by atoms with E-state index in [-0.39, 0.29) is 16.3 Å². The van der Waals surface area contributed by atoms with Gasteiger partial charge in [-0.1, -0.05) is 0 Å². The maximum Gasteiger partial charge on any atom is 0.397 e. The Balaban J connectivity index is 2.02. The number of nitrogens with two attached hydrogens (primary N) is 3. The van der Waals surface area contributed by atoms with E-state index in [2.05, 4.69) is 24.6 Å². The van der Waals surface area contributed by atoms with Crippen LogP contribution in [0.5, 0.6) is 0 Å². The molecule has 9 N–H and O–H groups in total. The summed E-state index contributed by atoms with van der Waals surface area (Å²) < 4.78 is 125. The van der Waals surface area contributed by atoms with Gasteiger partial charge in [-0.3, -0.25) is 13.7 Å². The van der Waals surface area contributed by atoms with Crippen molar-refractivity contribution >= 4 is 80.3 Å². The minimum absolute atomic E-state index is 0.00933. The van der Waals surface area contributed by atoms with Crippen LogP contribution < -0.4 is 17.2 Å². The fraction of sp³-hybridized carbons (Fsp3) is 0.100. The molecule has 0 saturated heterocycles. The highest BCUT2D eigenvalue weighted by atomic mass is 32.3. The predicted octanol–water partition coefficient (Wildman–Crippen LogP) is 2.35. The number of hydrogen-bond donors (Lipinski definition) is 6. The van der Waals surface area contributed by atoms with E-state index in [9.17, 15) is 42.8 Å². The molecule has 43 heavy (non-hydrogen) atoms. The van der Waals surface area contributed by atoms with E-state index < -0.39 is 91.1 Å². The quantitative estimate of drug-likeness (QED) is 0.0962. The third-order valence-corrected chi connectivity index (χ3v) is 9.12. The standard InChI is InChI=1S/C20H21N7O12S4/c21-11-1-6-16(41(30,31)32)14(9-11)25-26-15-10-17(42(33,34)35)19(23)20(18(15)22)27-24-12-2-4-13(5-3-12)40(28,29)8-7-39-43(36,37)38/h1-6,9-10H,7-8,21-23H2,(H,30,31,32)(H,33,34,35)(H,36,37,38). The molecular formula is C20H21N7O12S4. The molecule has 0 unspecified atom stereocenters. The summed E-state index contributed by atoms with van der Waals surface area (Å²) in [5, 5.41) is 15.0. The molecule has 3 aromatic rings. The van der Waals surface area contributed by atoms with Gasteiger partial charge in [0.15, 0.2) is 9.84 Å². The lowest BCUT2D eigenvalue weighted by molar-refractivity contribution is 0.284. The molecule has 19 nitrogen and oxygen atoms in total. The van der Waals surface area contributed by atoms with Gasteiger partial charge in [-0.25, -0.2) is 12.6 Å². The highest BCUT2D eigenvalue weighted by Crippen LogP contribution is 2.43. The maximum absolute atomic E-state index is 12.3. The largest absolute Gasteiger partial charge is 0.399 e. The molecular weight excluding hydrogens is 659 g/mol. The van der Waals surface area contributed by atoms with Crippen LogP contribution in [-0.4, -0.2) is 59.7 Å². The average Bonchev–Trinajstić information content (AvgIpc) is 2.86. The minimum atomic E-state index is -5.01. The van der Waals surface area contributed by atoms with E-state index in [1.54, 1.807) is 0 Å². The fourth-order valence-corrected chi connectivity index (χ4v) is 5.93. The van der Waals surface area contributed by atoms with Gasteiger partial charge in [0.2, 0.25) is 0 Å². The van der Waals surface area contributed by atoms with Gasteiger partial charge in [-0.2, -0.15) is 30.4 Å². The second-order valence-corrected chi connectivity index (χ2v) is 14.2. The number of rotatable bonds is 11. The van der Waals surface area contributed by atoms with Gasteiger partial charge in [-0.05, 0) is 48.5 Å². The number of nitrogens with zero attached hydrogens (tertiary/aromatic N) is 4. The molecule has 3 rings (SSSR count). The monoisotopic (exact) mass is 679 g/mol. The molecule has 0 aromatic heterocycles. The maximum atomic E-state index is 12.3. The van der Waals surface area contributed by atoms with Crippen LogP contribution in [0.15, 0.2) is 83.7 Å². The lowest BCUT2D eigenvalue weighted by atomic mass is 10.2. The molecule has 0 spiro atoms. The Kier molecular flexibility index (Phi) is 9.52. The van der Waals surface area contributed by atoms with Gasteiger partial charge in [0.1, 0.15) is 26.9 Å². The summed E-state index contributed by atoms with van der Waals surface area (Å²) in [6.07, 6.45) is 0. The van der Waals surface area contributed by atoms with E-state index in [0.29, 0.717) is 6.07 Å². The van der Waals surface area contributed by atoms with Crippen LogP contribution >= 0.6 is 0 Å². The van der Waals surface area contributed by atoms with Gasteiger partial charge < -0.3 is 17.2 Å². The summed E-state index contributed by atoms with van der Waals surface area (Å²) in [5.74, 6) is -0.790. The van der Waals surface area contributed by atoms with Crippen LogP contribution in [0.2, 0.25) is 0 Å². The number of sulfone groups is 1. The molecule has 3 aromatic carbocycles. The first-order chi connectivity index (χ1) is 19.7. The highest BCUT2D eigenvalue weighted by Gasteiger charge is 2.23. The Morgan fingerprint density at radius 2 is 1.23 bits per heavy atom. The normalized spacial score (nSPS) is 13.2. The summed E-state index contributed by atoms with van der Waals surface area (Å²) in [6.45, 7) is -0.847. The minimum Gasteiger partial charge on any atom is -0.399 e. The fourth-order valence-electron chi connectivity index (χ4n) is 3.20. The summed E-state index contributed by atoms with van der Waals surface area (Å²) in [7, 11) is -18.7. The van der Waals surface area contributed by atoms with Crippen molar-refractivity contribution in [2.24, 2.45) is 20.5 Å². The third kappa shape index (κ3) is 8.71. The number of benzene rings is 3. The second kappa shape index (κ2) is 12.3. The molecule has 0 aliphatic carbocycles. The molecule has 0 heterocycles. The van der Waals surface area contributed by atoms with Crippen LogP contribution in [0.1, 0.15) is 0 Å². The molecule has 0 bridgehead atoms. The van der Waals surface area contributed by atoms with Crippen molar-refractivity contribution in [3.8, 4) is 0 Å². The summed E-state index contributed by atoms with van der Waals surface area (Å²) in [4.78, 5) is -1.88. The Morgan fingerprint density at radius 1 is 0.651 bits per heavy atom. The summed E-state index contributed by atoms with van der Waals surface area (Å²) in [5.41, 5.74) is 15.0. The third-order valence-electron chi connectivity index (χ3n) is 5.17. The van der Waals surface area contributed by atoms with Gasteiger partial charge in [0.25, 0.3) is 20.2 Å². The van der Waals surface area contributed by atoms with Crippen molar-refractivity contribution < 1.29 is 51.5 Å². The van der Waals surface area contributed by atoms with Crippen molar-refractivity contribution in [3.05, 3.63) is 48.5 Å². The first-order valence-corrected chi connectivity index (χ1v) is 16.9. The zero-order valence-corrected chi connectivity index (χ0v) is 24.5. The molecule has 0 atom stereocenters. The summed E-state index contributed by atoms with van der Waals surface area (Å²) >= 11 is 0. The molecule has 0 aliphatic heterocycles. The first-order valence-electron chi connectivity index (χ1n) is 11.0.